The average Bonchev–Trinajstić information content (AvgIpc) is 3.21. The first kappa shape index (κ1) is 21.2. The molecule has 1 heterocycles. The summed E-state index contributed by atoms with van der Waals surface area (Å²) in [4.78, 5) is 20.8. The van der Waals surface area contributed by atoms with Gasteiger partial charge in [0.1, 0.15) is 0 Å². The molecule has 6 heteroatoms. The van der Waals surface area contributed by atoms with E-state index in [9.17, 15) is 4.79 Å². The Kier molecular flexibility index (Phi) is 8.58. The van der Waals surface area contributed by atoms with Crippen LogP contribution in [-0.4, -0.2) is 68.0 Å². The second-order valence-electron chi connectivity index (χ2n) is 7.28. The molecule has 0 aromatic heterocycles. The van der Waals surface area contributed by atoms with Crippen molar-refractivity contribution in [1.82, 2.24) is 20.4 Å². The Hall–Kier alpha value is -2.08. The highest BCUT2D eigenvalue weighted by Gasteiger charge is 2.20. The van der Waals surface area contributed by atoms with Gasteiger partial charge in [-0.25, -0.2) is 4.99 Å². The van der Waals surface area contributed by atoms with Crippen LogP contribution in [0.3, 0.4) is 0 Å². The maximum atomic E-state index is 12.0. The van der Waals surface area contributed by atoms with Crippen molar-refractivity contribution in [3.05, 3.63) is 35.4 Å². The number of nitrogens with one attached hydrogen (secondary N) is 2. The molecule has 6 nitrogen and oxygen atoms in total. The molecule has 0 saturated carbocycles. The quantitative estimate of drug-likeness (QED) is 0.542. The summed E-state index contributed by atoms with van der Waals surface area (Å²) in [6, 6.07) is 8.25. The minimum absolute atomic E-state index is 0.0209. The highest BCUT2D eigenvalue weighted by atomic mass is 16.2. The van der Waals surface area contributed by atoms with Gasteiger partial charge >= 0.3 is 0 Å². The molecular weight excluding hydrogens is 338 g/mol. The third-order valence-corrected chi connectivity index (χ3v) is 5.00. The number of hydrogen-bond donors (Lipinski definition) is 2. The van der Waals surface area contributed by atoms with Gasteiger partial charge in [0.25, 0.3) is 5.91 Å². The van der Waals surface area contributed by atoms with Crippen LogP contribution in [0.25, 0.3) is 0 Å². The van der Waals surface area contributed by atoms with E-state index in [0.29, 0.717) is 18.2 Å². The van der Waals surface area contributed by atoms with Gasteiger partial charge in [-0.1, -0.05) is 19.1 Å². The monoisotopic (exact) mass is 373 g/mol. The summed E-state index contributed by atoms with van der Waals surface area (Å²) in [5.41, 5.74) is 1.79. The molecule has 1 fully saturated rings. The van der Waals surface area contributed by atoms with Crippen molar-refractivity contribution in [2.24, 2.45) is 4.99 Å². The number of amides is 1. The molecule has 1 saturated heterocycles. The van der Waals surface area contributed by atoms with E-state index in [1.54, 1.807) is 19.0 Å². The van der Waals surface area contributed by atoms with E-state index in [4.69, 9.17) is 4.99 Å². The number of carbonyl (C=O) groups is 1. The van der Waals surface area contributed by atoms with Crippen LogP contribution in [0.5, 0.6) is 0 Å². The van der Waals surface area contributed by atoms with E-state index < -0.39 is 0 Å². The molecule has 27 heavy (non-hydrogen) atoms. The average molecular weight is 374 g/mol. The standard InChI is InChI=1S/C21H35N5O/c1-5-19(26-13-7-8-14-26)16-24-21(22-6-2)23-15-17-9-11-18(12-10-17)20(27)25(3)4/h9-12,19H,5-8,13-16H2,1-4H3,(H2,22,23,24). The number of aliphatic imine (C=N–C) groups is 1. The van der Waals surface area contributed by atoms with Gasteiger partial charge in [-0.2, -0.15) is 0 Å². The highest BCUT2D eigenvalue weighted by Crippen LogP contribution is 2.13. The summed E-state index contributed by atoms with van der Waals surface area (Å²) in [6.45, 7) is 9.10. The second-order valence-corrected chi connectivity index (χ2v) is 7.28. The van der Waals surface area contributed by atoms with Gasteiger partial charge < -0.3 is 15.5 Å². The molecule has 1 aliphatic heterocycles. The van der Waals surface area contributed by atoms with E-state index in [2.05, 4.69) is 29.4 Å². The van der Waals surface area contributed by atoms with Crippen LogP contribution in [0.2, 0.25) is 0 Å². The van der Waals surface area contributed by atoms with Crippen LogP contribution in [0.1, 0.15) is 49.0 Å². The van der Waals surface area contributed by atoms with Gasteiger partial charge in [-0.05, 0) is 57.0 Å². The SMILES string of the molecule is CCNC(=NCc1ccc(C(=O)N(C)C)cc1)NCC(CC)N1CCCC1. The number of carbonyl (C=O) groups excluding carboxylic acids is 1. The first-order valence-corrected chi connectivity index (χ1v) is 10.1. The Labute approximate surface area is 164 Å². The number of nitrogens with zero attached hydrogens (tertiary/aromatic N) is 3. The molecule has 0 radical (unpaired) electrons. The molecule has 1 aromatic rings. The summed E-state index contributed by atoms with van der Waals surface area (Å²) in [6.07, 6.45) is 3.78. The Morgan fingerprint density at radius 1 is 1.15 bits per heavy atom. The fourth-order valence-electron chi connectivity index (χ4n) is 3.38. The van der Waals surface area contributed by atoms with E-state index in [0.717, 1.165) is 31.0 Å². The lowest BCUT2D eigenvalue weighted by Gasteiger charge is -2.27. The van der Waals surface area contributed by atoms with Crippen LogP contribution < -0.4 is 10.6 Å². The molecular formula is C21H35N5O. The molecule has 0 bridgehead atoms. The lowest BCUT2D eigenvalue weighted by atomic mass is 10.1. The van der Waals surface area contributed by atoms with E-state index in [1.807, 2.05) is 24.3 Å². The maximum Gasteiger partial charge on any atom is 0.253 e. The normalized spacial score (nSPS) is 16.2. The smallest absolute Gasteiger partial charge is 0.253 e. The summed E-state index contributed by atoms with van der Waals surface area (Å²) in [5.74, 6) is 0.871. The first-order valence-electron chi connectivity index (χ1n) is 10.1. The summed E-state index contributed by atoms with van der Waals surface area (Å²) in [7, 11) is 3.53. The Morgan fingerprint density at radius 3 is 2.37 bits per heavy atom. The van der Waals surface area contributed by atoms with E-state index >= 15 is 0 Å². The lowest BCUT2D eigenvalue weighted by molar-refractivity contribution is 0.0827. The zero-order valence-electron chi connectivity index (χ0n) is 17.3. The minimum Gasteiger partial charge on any atom is -0.357 e. The molecule has 2 N–H and O–H groups in total. The third-order valence-electron chi connectivity index (χ3n) is 5.00. The predicted octanol–water partition coefficient (Wildman–Crippen LogP) is 2.32. The van der Waals surface area contributed by atoms with Crippen LogP contribution in [0, 0.1) is 0 Å². The van der Waals surface area contributed by atoms with Gasteiger partial charge in [-0.15, -0.1) is 0 Å². The molecule has 1 aliphatic rings. The van der Waals surface area contributed by atoms with Crippen molar-refractivity contribution in [3.63, 3.8) is 0 Å². The molecule has 0 spiro atoms. The van der Waals surface area contributed by atoms with Crippen LogP contribution in [0.4, 0.5) is 0 Å². The lowest BCUT2D eigenvalue weighted by Crippen LogP contribution is -2.46. The largest absolute Gasteiger partial charge is 0.357 e. The van der Waals surface area contributed by atoms with Gasteiger partial charge in [0.05, 0.1) is 6.54 Å². The molecule has 1 amide bonds. The number of benzene rings is 1. The maximum absolute atomic E-state index is 12.0. The zero-order valence-corrected chi connectivity index (χ0v) is 17.3. The molecule has 2 rings (SSSR count). The summed E-state index contributed by atoms with van der Waals surface area (Å²) < 4.78 is 0. The fraction of sp³-hybridized carbons (Fsp3) is 0.619. The molecule has 1 atom stereocenters. The minimum atomic E-state index is 0.0209. The van der Waals surface area contributed by atoms with Crippen LogP contribution >= 0.6 is 0 Å². The predicted molar refractivity (Wildman–Crippen MR) is 112 cm³/mol. The Bertz CT molecular complexity index is 606. The van der Waals surface area contributed by atoms with Crippen molar-refractivity contribution < 1.29 is 4.79 Å². The Morgan fingerprint density at radius 2 is 1.81 bits per heavy atom. The topological polar surface area (TPSA) is 60.0 Å². The summed E-state index contributed by atoms with van der Waals surface area (Å²) in [5, 5.41) is 6.83. The van der Waals surface area contributed by atoms with Crippen molar-refractivity contribution in [2.75, 3.05) is 40.3 Å². The number of likely N-dealkylation sites (tertiary alicyclic amines) is 1. The second kappa shape index (κ2) is 10.9. The van der Waals surface area contributed by atoms with Crippen molar-refractivity contribution in [1.29, 1.82) is 0 Å². The number of hydrogen-bond acceptors (Lipinski definition) is 3. The van der Waals surface area contributed by atoms with Crippen molar-refractivity contribution >= 4 is 11.9 Å². The van der Waals surface area contributed by atoms with Gasteiger partial charge in [0.2, 0.25) is 0 Å². The van der Waals surface area contributed by atoms with Crippen LogP contribution in [0.15, 0.2) is 29.3 Å². The van der Waals surface area contributed by atoms with Crippen molar-refractivity contribution in [3.8, 4) is 0 Å². The fourth-order valence-corrected chi connectivity index (χ4v) is 3.38. The van der Waals surface area contributed by atoms with Gasteiger partial charge in [0, 0.05) is 38.8 Å². The molecule has 1 aromatic carbocycles. The van der Waals surface area contributed by atoms with Gasteiger partial charge in [0.15, 0.2) is 5.96 Å². The molecule has 1 unspecified atom stereocenters. The third kappa shape index (κ3) is 6.54. The van der Waals surface area contributed by atoms with Crippen LogP contribution in [-0.2, 0) is 6.54 Å². The van der Waals surface area contributed by atoms with Gasteiger partial charge in [-0.3, -0.25) is 9.69 Å². The Balaban J connectivity index is 1.92. The number of guanidine groups is 1. The highest BCUT2D eigenvalue weighted by molar-refractivity contribution is 5.93. The zero-order chi connectivity index (χ0) is 19.6. The number of rotatable bonds is 8. The molecule has 0 aliphatic carbocycles. The summed E-state index contributed by atoms with van der Waals surface area (Å²) >= 11 is 0. The first-order chi connectivity index (χ1) is 13.0. The van der Waals surface area contributed by atoms with E-state index in [-0.39, 0.29) is 5.91 Å². The molecule has 150 valence electrons. The van der Waals surface area contributed by atoms with Crippen molar-refractivity contribution in [2.45, 2.75) is 45.7 Å². The van der Waals surface area contributed by atoms with E-state index in [1.165, 1.54) is 25.9 Å².